The van der Waals surface area contributed by atoms with Crippen molar-refractivity contribution in [1.29, 1.82) is 0 Å². The molecule has 1 N–H and O–H groups in total. The van der Waals surface area contributed by atoms with Crippen LogP contribution in [0.5, 0.6) is 17.2 Å². The Morgan fingerprint density at radius 3 is 1.98 bits per heavy atom. The first-order valence-electron chi connectivity index (χ1n) is 12.2. The van der Waals surface area contributed by atoms with Gasteiger partial charge in [0.1, 0.15) is 23.9 Å². The summed E-state index contributed by atoms with van der Waals surface area (Å²) in [6.07, 6.45) is -14.3. The van der Waals surface area contributed by atoms with Crippen LogP contribution in [0.25, 0.3) is 0 Å². The molecule has 0 saturated carbocycles. The van der Waals surface area contributed by atoms with Gasteiger partial charge in [0, 0.05) is 24.8 Å². The summed E-state index contributed by atoms with van der Waals surface area (Å²) in [5.74, 6) is -0.570. The average molecular weight is 576 g/mol. The average Bonchev–Trinajstić information content (AvgIpc) is 2.86. The Kier molecular flexibility index (Phi) is 10.1. The van der Waals surface area contributed by atoms with Crippen molar-refractivity contribution in [1.82, 2.24) is 0 Å². The molecule has 40 heavy (non-hydrogen) atoms. The van der Waals surface area contributed by atoms with Crippen LogP contribution >= 0.6 is 0 Å². The highest BCUT2D eigenvalue weighted by Crippen LogP contribution is 2.30. The normalized spacial score (nSPS) is 12.9. The number of alkyl halides is 7. The molecule has 0 amide bonds. The zero-order valence-corrected chi connectivity index (χ0v) is 21.5. The first-order valence-corrected chi connectivity index (χ1v) is 12.2. The fourth-order valence-corrected chi connectivity index (χ4v) is 3.60. The molecule has 3 rings (SSSR count). The molecule has 0 heterocycles. The Morgan fingerprint density at radius 2 is 1.35 bits per heavy atom. The van der Waals surface area contributed by atoms with E-state index in [1.54, 1.807) is 41.3 Å². The van der Waals surface area contributed by atoms with E-state index in [0.717, 1.165) is 6.07 Å². The van der Waals surface area contributed by atoms with Gasteiger partial charge in [-0.15, -0.1) is 13.2 Å². The molecule has 0 bridgehead atoms. The minimum Gasteiger partial charge on any atom is -0.489 e. The number of aliphatic hydroxyl groups excluding tert-OH is 1. The lowest BCUT2D eigenvalue weighted by molar-refractivity contribution is -0.274. The van der Waals surface area contributed by atoms with Gasteiger partial charge in [0.25, 0.3) is 0 Å². The number of nitrogens with zero attached hydrogens (tertiary/aromatic N) is 1. The van der Waals surface area contributed by atoms with Crippen molar-refractivity contribution in [3.05, 3.63) is 83.9 Å². The summed E-state index contributed by atoms with van der Waals surface area (Å²) in [7, 11) is 0. The summed E-state index contributed by atoms with van der Waals surface area (Å²) in [4.78, 5) is 1.75. The molecule has 0 aromatic heterocycles. The maximum atomic E-state index is 13.4. The first-order chi connectivity index (χ1) is 18.7. The van der Waals surface area contributed by atoms with Crippen molar-refractivity contribution in [2.24, 2.45) is 5.92 Å². The number of hydrogen-bond donors (Lipinski definition) is 1. The molecule has 0 spiro atoms. The van der Waals surface area contributed by atoms with Crippen LogP contribution in [0.4, 0.5) is 36.4 Å². The van der Waals surface area contributed by atoms with Crippen molar-refractivity contribution in [3.8, 4) is 17.2 Å². The lowest BCUT2D eigenvalue weighted by atomic mass is 10.1. The lowest BCUT2D eigenvalue weighted by Crippen LogP contribution is -2.35. The van der Waals surface area contributed by atoms with Gasteiger partial charge < -0.3 is 24.2 Å². The van der Waals surface area contributed by atoms with Gasteiger partial charge in [0.2, 0.25) is 0 Å². The molecule has 0 aliphatic carbocycles. The Bertz CT molecular complexity index is 1240. The van der Waals surface area contributed by atoms with Crippen LogP contribution in [0.1, 0.15) is 25.0 Å². The Balaban J connectivity index is 1.79. The van der Waals surface area contributed by atoms with E-state index in [4.69, 9.17) is 4.74 Å². The second kappa shape index (κ2) is 13.1. The Morgan fingerprint density at radius 1 is 0.775 bits per heavy atom. The molecule has 0 aliphatic heterocycles. The predicted molar refractivity (Wildman–Crippen MR) is 134 cm³/mol. The summed E-state index contributed by atoms with van der Waals surface area (Å²) in [6.45, 7) is 3.81. The van der Waals surface area contributed by atoms with Gasteiger partial charge in [-0.2, -0.15) is 17.6 Å². The van der Waals surface area contributed by atoms with Crippen LogP contribution in [0.3, 0.4) is 0 Å². The number of anilines is 1. The van der Waals surface area contributed by atoms with Gasteiger partial charge in [0.05, 0.1) is 6.10 Å². The summed E-state index contributed by atoms with van der Waals surface area (Å²) in [5, 5.41) is 10.6. The molecular formula is C28H28F7NO4. The largest absolute Gasteiger partial charge is 0.573 e. The van der Waals surface area contributed by atoms with Crippen LogP contribution in [0.15, 0.2) is 72.8 Å². The monoisotopic (exact) mass is 575 g/mol. The molecule has 0 radical (unpaired) electrons. The van der Waals surface area contributed by atoms with E-state index in [2.05, 4.69) is 9.47 Å². The van der Waals surface area contributed by atoms with E-state index >= 15 is 0 Å². The summed E-state index contributed by atoms with van der Waals surface area (Å²) in [5.41, 5.74) is 1.46. The zero-order chi connectivity index (χ0) is 29.5. The van der Waals surface area contributed by atoms with Crippen LogP contribution < -0.4 is 19.1 Å². The van der Waals surface area contributed by atoms with Crippen molar-refractivity contribution in [2.75, 3.05) is 11.4 Å². The Labute approximate surface area is 226 Å². The number of aliphatic hydroxyl groups is 1. The predicted octanol–water partition coefficient (Wildman–Crippen LogP) is 7.42. The van der Waals surface area contributed by atoms with Gasteiger partial charge in [0.15, 0.2) is 0 Å². The molecule has 1 atom stereocenters. The van der Waals surface area contributed by atoms with E-state index in [-0.39, 0.29) is 31.4 Å². The quantitative estimate of drug-likeness (QED) is 0.215. The molecule has 3 aromatic carbocycles. The summed E-state index contributed by atoms with van der Waals surface area (Å²) >= 11 is 0. The highest BCUT2D eigenvalue weighted by molar-refractivity contribution is 5.51. The third kappa shape index (κ3) is 9.51. The standard InChI is InChI=1S/C28H28F7NO4/c1-18(2)25(37)16-36(15-19-6-3-10-23(12-19)39-27(31,32)26(29)30)21-8-5-9-22(14-21)38-17-20-7-4-11-24(13-20)40-28(33,34)35/h3-14,18,25-26,37H,15-17H2,1-2H3. The van der Waals surface area contributed by atoms with Gasteiger partial charge >= 0.3 is 18.9 Å². The van der Waals surface area contributed by atoms with Crippen LogP contribution in [-0.4, -0.2) is 36.7 Å². The van der Waals surface area contributed by atoms with Crippen LogP contribution in [-0.2, 0) is 13.2 Å². The summed E-state index contributed by atoms with van der Waals surface area (Å²) in [6, 6.07) is 17.4. The van der Waals surface area contributed by atoms with Crippen LogP contribution in [0, 0.1) is 5.92 Å². The second-order valence-corrected chi connectivity index (χ2v) is 9.29. The van der Waals surface area contributed by atoms with Gasteiger partial charge in [-0.1, -0.05) is 44.2 Å². The lowest BCUT2D eigenvalue weighted by Gasteiger charge is -2.29. The summed E-state index contributed by atoms with van der Waals surface area (Å²) < 4.78 is 103. The van der Waals surface area contributed by atoms with Crippen molar-refractivity contribution < 1.29 is 50.1 Å². The van der Waals surface area contributed by atoms with Crippen molar-refractivity contribution in [2.45, 2.75) is 52.0 Å². The number of hydrogen-bond acceptors (Lipinski definition) is 5. The second-order valence-electron chi connectivity index (χ2n) is 9.29. The minimum absolute atomic E-state index is 0.0646. The van der Waals surface area contributed by atoms with Crippen LogP contribution in [0.2, 0.25) is 0 Å². The third-order valence-electron chi connectivity index (χ3n) is 5.68. The van der Waals surface area contributed by atoms with E-state index in [0.29, 0.717) is 22.6 Å². The maximum Gasteiger partial charge on any atom is 0.573 e. The van der Waals surface area contributed by atoms with Crippen molar-refractivity contribution >= 4 is 5.69 Å². The Hall–Kier alpha value is -3.67. The highest BCUT2D eigenvalue weighted by Gasteiger charge is 2.44. The molecule has 12 heteroatoms. The smallest absolute Gasteiger partial charge is 0.489 e. The third-order valence-corrected chi connectivity index (χ3v) is 5.68. The number of rotatable bonds is 13. The maximum absolute atomic E-state index is 13.4. The van der Waals surface area contributed by atoms with E-state index < -0.39 is 30.7 Å². The van der Waals surface area contributed by atoms with E-state index in [9.17, 15) is 35.8 Å². The fraction of sp³-hybridized carbons (Fsp3) is 0.357. The number of halogens is 7. The molecule has 3 aromatic rings. The first kappa shape index (κ1) is 30.9. The topological polar surface area (TPSA) is 51.2 Å². The molecule has 0 fully saturated rings. The van der Waals surface area contributed by atoms with E-state index in [1.165, 1.54) is 30.3 Å². The van der Waals surface area contributed by atoms with Gasteiger partial charge in [-0.05, 0) is 53.4 Å². The minimum atomic E-state index is -4.83. The molecule has 1 unspecified atom stereocenters. The molecule has 5 nitrogen and oxygen atoms in total. The molecule has 0 aliphatic rings. The SMILES string of the molecule is CC(C)C(O)CN(Cc1cccc(OC(F)(F)C(F)F)c1)c1cccc(OCc2cccc(OC(F)(F)F)c2)c1. The zero-order valence-electron chi connectivity index (χ0n) is 21.5. The van der Waals surface area contributed by atoms with Gasteiger partial charge in [-0.25, -0.2) is 0 Å². The van der Waals surface area contributed by atoms with E-state index in [1.807, 2.05) is 13.8 Å². The fourth-order valence-electron chi connectivity index (χ4n) is 3.60. The number of benzene rings is 3. The van der Waals surface area contributed by atoms with Gasteiger partial charge in [-0.3, -0.25) is 0 Å². The van der Waals surface area contributed by atoms with Crippen molar-refractivity contribution in [3.63, 3.8) is 0 Å². The number of ether oxygens (including phenoxy) is 3. The molecule has 218 valence electrons. The molecule has 0 saturated heterocycles. The molecular weight excluding hydrogens is 547 g/mol. The highest BCUT2D eigenvalue weighted by atomic mass is 19.4.